The number of nitrogens with one attached hydrogen (secondary N) is 1. The Morgan fingerprint density at radius 3 is 2.44 bits per heavy atom. The molecule has 0 amide bonds. The molecule has 8 heteroatoms. The first-order chi connectivity index (χ1) is 12.8. The van der Waals surface area contributed by atoms with Gasteiger partial charge in [0.15, 0.2) is 0 Å². The van der Waals surface area contributed by atoms with Gasteiger partial charge in [-0.25, -0.2) is 4.79 Å². The molecule has 1 aliphatic carbocycles. The van der Waals surface area contributed by atoms with Gasteiger partial charge in [-0.1, -0.05) is 0 Å². The first-order valence-corrected chi connectivity index (χ1v) is 9.97. The number of alkyl halides is 3. The number of rotatable bonds is 4. The van der Waals surface area contributed by atoms with Crippen molar-refractivity contribution in [2.75, 3.05) is 24.5 Å². The molecule has 0 atom stereocenters. The van der Waals surface area contributed by atoms with Crippen molar-refractivity contribution in [1.82, 2.24) is 5.32 Å². The molecule has 1 aliphatic heterocycles. The van der Waals surface area contributed by atoms with E-state index in [0.717, 1.165) is 12.0 Å². The summed E-state index contributed by atoms with van der Waals surface area (Å²) in [5.41, 5.74) is 1.44. The normalized spacial score (nSPS) is 18.0. The zero-order valence-electron chi connectivity index (χ0n) is 14.8. The molecule has 2 fully saturated rings. The van der Waals surface area contributed by atoms with E-state index in [1.54, 1.807) is 0 Å². The van der Waals surface area contributed by atoms with E-state index < -0.39 is 12.1 Å². The second-order valence-electron chi connectivity index (χ2n) is 7.02. The molecule has 0 bridgehead atoms. The SMILES string of the molecule is O=C(O)C(F)(F)F.c1cc2cc(N(CC3CC3)C3CCNCC3)ccc2s1. The molecule has 1 aromatic heterocycles. The maximum Gasteiger partial charge on any atom is 0.490 e. The van der Waals surface area contributed by atoms with Crippen LogP contribution in [0.4, 0.5) is 18.9 Å². The maximum atomic E-state index is 10.6. The lowest BCUT2D eigenvalue weighted by molar-refractivity contribution is -0.192. The van der Waals surface area contributed by atoms with Crippen LogP contribution in [0.25, 0.3) is 10.1 Å². The number of halogens is 3. The van der Waals surface area contributed by atoms with Crippen molar-refractivity contribution >= 4 is 33.1 Å². The van der Waals surface area contributed by atoms with Gasteiger partial charge in [0.1, 0.15) is 0 Å². The van der Waals surface area contributed by atoms with Crippen molar-refractivity contribution in [3.63, 3.8) is 0 Å². The number of aliphatic carboxylic acids is 1. The average molecular weight is 400 g/mol. The summed E-state index contributed by atoms with van der Waals surface area (Å²) >= 11 is 1.84. The molecule has 2 N–H and O–H groups in total. The fourth-order valence-electron chi connectivity index (χ4n) is 3.29. The third-order valence-corrected chi connectivity index (χ3v) is 5.81. The van der Waals surface area contributed by atoms with E-state index in [0.29, 0.717) is 0 Å². The minimum absolute atomic E-state index is 0.730. The number of carbonyl (C=O) groups is 1. The monoisotopic (exact) mass is 400 g/mol. The number of piperidine rings is 1. The minimum atomic E-state index is -5.08. The Morgan fingerprint density at radius 2 is 1.85 bits per heavy atom. The van der Waals surface area contributed by atoms with Crippen molar-refractivity contribution in [2.24, 2.45) is 5.92 Å². The molecule has 1 aromatic carbocycles. The highest BCUT2D eigenvalue weighted by Gasteiger charge is 2.38. The topological polar surface area (TPSA) is 52.6 Å². The molecule has 27 heavy (non-hydrogen) atoms. The Morgan fingerprint density at radius 1 is 1.19 bits per heavy atom. The summed E-state index contributed by atoms with van der Waals surface area (Å²) in [6, 6.07) is 10.0. The smallest absolute Gasteiger partial charge is 0.475 e. The summed E-state index contributed by atoms with van der Waals surface area (Å²) in [6.07, 6.45) is 0.354. The largest absolute Gasteiger partial charge is 0.490 e. The van der Waals surface area contributed by atoms with E-state index in [2.05, 4.69) is 39.9 Å². The Labute approximate surface area is 160 Å². The molecule has 0 spiro atoms. The number of carboxylic acid groups (broad SMARTS) is 1. The van der Waals surface area contributed by atoms with Gasteiger partial charge < -0.3 is 15.3 Å². The third-order valence-electron chi connectivity index (χ3n) is 4.91. The number of anilines is 1. The van der Waals surface area contributed by atoms with Crippen LogP contribution in [0.3, 0.4) is 0 Å². The molecule has 2 aromatic rings. The predicted molar refractivity (Wildman–Crippen MR) is 101 cm³/mol. The van der Waals surface area contributed by atoms with Crippen LogP contribution in [0, 0.1) is 5.92 Å². The van der Waals surface area contributed by atoms with Crippen molar-refractivity contribution in [2.45, 2.75) is 37.9 Å². The Kier molecular flexibility index (Phi) is 6.26. The van der Waals surface area contributed by atoms with Crippen LogP contribution in [-0.4, -0.2) is 42.9 Å². The summed E-state index contributed by atoms with van der Waals surface area (Å²) in [7, 11) is 0. The molecule has 2 aliphatic rings. The number of hydrogen-bond donors (Lipinski definition) is 2. The lowest BCUT2D eigenvalue weighted by Gasteiger charge is -2.36. The van der Waals surface area contributed by atoms with Crippen molar-refractivity contribution in [1.29, 1.82) is 0 Å². The molecule has 0 radical (unpaired) electrons. The van der Waals surface area contributed by atoms with Gasteiger partial charge in [-0.3, -0.25) is 0 Å². The van der Waals surface area contributed by atoms with E-state index in [1.807, 2.05) is 11.3 Å². The Hall–Kier alpha value is -1.80. The highest BCUT2D eigenvalue weighted by molar-refractivity contribution is 7.17. The zero-order chi connectivity index (χ0) is 19.4. The van der Waals surface area contributed by atoms with Gasteiger partial charge in [-0.05, 0) is 79.7 Å². The second kappa shape index (κ2) is 8.48. The molecule has 4 nitrogen and oxygen atoms in total. The molecular weight excluding hydrogens is 377 g/mol. The fraction of sp³-hybridized carbons (Fsp3) is 0.526. The van der Waals surface area contributed by atoms with Gasteiger partial charge >= 0.3 is 12.1 Å². The summed E-state index contributed by atoms with van der Waals surface area (Å²) in [5.74, 6) is -1.81. The fourth-order valence-corrected chi connectivity index (χ4v) is 4.07. The Bertz CT molecular complexity index is 768. The molecule has 0 unspecified atom stereocenters. The molecule has 2 heterocycles. The molecule has 4 rings (SSSR count). The first-order valence-electron chi connectivity index (χ1n) is 9.09. The first kappa shape index (κ1) is 19.9. The van der Waals surface area contributed by atoms with Gasteiger partial charge in [-0.2, -0.15) is 13.2 Å². The van der Waals surface area contributed by atoms with Crippen LogP contribution >= 0.6 is 11.3 Å². The van der Waals surface area contributed by atoms with E-state index in [9.17, 15) is 13.2 Å². The summed E-state index contributed by atoms with van der Waals surface area (Å²) in [5, 5.41) is 14.2. The summed E-state index contributed by atoms with van der Waals surface area (Å²) in [6.45, 7) is 3.61. The second-order valence-corrected chi connectivity index (χ2v) is 7.97. The minimum Gasteiger partial charge on any atom is -0.475 e. The number of hydrogen-bond acceptors (Lipinski definition) is 4. The highest BCUT2D eigenvalue weighted by Crippen LogP contribution is 2.35. The number of fused-ring (bicyclic) bond motifs is 1. The van der Waals surface area contributed by atoms with Crippen molar-refractivity contribution < 1.29 is 23.1 Å². The van der Waals surface area contributed by atoms with Gasteiger partial charge in [0.2, 0.25) is 0 Å². The van der Waals surface area contributed by atoms with E-state index in [1.165, 1.54) is 61.1 Å². The summed E-state index contributed by atoms with van der Waals surface area (Å²) in [4.78, 5) is 11.6. The molecular formula is C19H23F3N2O2S. The van der Waals surface area contributed by atoms with Crippen LogP contribution in [0.2, 0.25) is 0 Å². The van der Waals surface area contributed by atoms with Gasteiger partial charge in [-0.15, -0.1) is 11.3 Å². The van der Waals surface area contributed by atoms with Gasteiger partial charge in [0.05, 0.1) is 0 Å². The molecule has 1 saturated heterocycles. The quantitative estimate of drug-likeness (QED) is 0.793. The standard InChI is InChI=1S/C17H22N2S.C2HF3O2/c1-2-13(1)12-19(15-5-8-18-9-6-15)16-3-4-17-14(11-16)7-10-20-17;3-2(4,5)1(6)7/h3-4,7,10-11,13,15,18H,1-2,5-6,8-9,12H2;(H,6,7). The lowest BCUT2D eigenvalue weighted by Crippen LogP contribution is -2.44. The third kappa shape index (κ3) is 5.59. The van der Waals surface area contributed by atoms with Crippen molar-refractivity contribution in [3.05, 3.63) is 29.6 Å². The van der Waals surface area contributed by atoms with Crippen LogP contribution in [0.5, 0.6) is 0 Å². The van der Waals surface area contributed by atoms with Gasteiger partial charge in [0, 0.05) is 23.0 Å². The van der Waals surface area contributed by atoms with Crippen LogP contribution in [0.15, 0.2) is 29.6 Å². The van der Waals surface area contributed by atoms with Crippen molar-refractivity contribution in [3.8, 4) is 0 Å². The summed E-state index contributed by atoms with van der Waals surface area (Å²) < 4.78 is 33.1. The van der Waals surface area contributed by atoms with E-state index >= 15 is 0 Å². The van der Waals surface area contributed by atoms with Crippen LogP contribution in [-0.2, 0) is 4.79 Å². The number of carboxylic acids is 1. The number of nitrogens with zero attached hydrogens (tertiary/aromatic N) is 1. The van der Waals surface area contributed by atoms with Crippen LogP contribution < -0.4 is 10.2 Å². The van der Waals surface area contributed by atoms with Crippen LogP contribution in [0.1, 0.15) is 25.7 Å². The molecule has 148 valence electrons. The molecule has 1 saturated carbocycles. The number of benzene rings is 1. The highest BCUT2D eigenvalue weighted by atomic mass is 32.1. The van der Waals surface area contributed by atoms with E-state index in [4.69, 9.17) is 9.90 Å². The van der Waals surface area contributed by atoms with E-state index in [-0.39, 0.29) is 0 Å². The number of thiophene rings is 1. The Balaban J connectivity index is 0.000000260. The average Bonchev–Trinajstić information content (AvgIpc) is 3.34. The maximum absolute atomic E-state index is 10.6. The predicted octanol–water partition coefficient (Wildman–Crippen LogP) is 4.50. The van der Waals surface area contributed by atoms with Gasteiger partial charge in [0.25, 0.3) is 0 Å². The lowest BCUT2D eigenvalue weighted by atomic mass is 10.0. The zero-order valence-corrected chi connectivity index (χ0v) is 15.7.